The van der Waals surface area contributed by atoms with E-state index in [9.17, 15) is 0 Å². The first-order valence-electron chi connectivity index (χ1n) is 8.23. The van der Waals surface area contributed by atoms with Gasteiger partial charge in [-0.1, -0.05) is 0 Å². The lowest BCUT2D eigenvalue weighted by Gasteiger charge is -2.39. The van der Waals surface area contributed by atoms with Crippen LogP contribution in [0.3, 0.4) is 0 Å². The van der Waals surface area contributed by atoms with E-state index in [2.05, 4.69) is 45.3 Å². The molecule has 22 heavy (non-hydrogen) atoms. The van der Waals surface area contributed by atoms with Crippen molar-refractivity contribution in [2.75, 3.05) is 13.2 Å². The number of ether oxygens (including phenoxy) is 1. The SMILES string of the molecule is Cn1cc(CN2CCO[C@@H]3[C@@H](Cn4cccc4)CC[C@@H]32)cn1. The van der Waals surface area contributed by atoms with E-state index < -0.39 is 0 Å². The summed E-state index contributed by atoms with van der Waals surface area (Å²) in [5.74, 6) is 0.633. The van der Waals surface area contributed by atoms with E-state index in [0.29, 0.717) is 18.1 Å². The molecule has 0 bridgehead atoms. The van der Waals surface area contributed by atoms with Crippen LogP contribution in [-0.2, 0) is 24.9 Å². The van der Waals surface area contributed by atoms with Crippen molar-refractivity contribution in [1.29, 1.82) is 0 Å². The second kappa shape index (κ2) is 5.89. The van der Waals surface area contributed by atoms with Gasteiger partial charge in [0.15, 0.2) is 0 Å². The Kier molecular flexibility index (Phi) is 3.76. The summed E-state index contributed by atoms with van der Waals surface area (Å²) in [5, 5.41) is 4.29. The zero-order valence-corrected chi connectivity index (χ0v) is 13.1. The average molecular weight is 300 g/mol. The highest BCUT2D eigenvalue weighted by molar-refractivity contribution is 5.06. The van der Waals surface area contributed by atoms with Crippen molar-refractivity contribution in [3.05, 3.63) is 42.5 Å². The van der Waals surface area contributed by atoms with E-state index in [1.165, 1.54) is 18.4 Å². The summed E-state index contributed by atoms with van der Waals surface area (Å²) in [5.41, 5.74) is 1.30. The van der Waals surface area contributed by atoms with Gasteiger partial charge in [0.25, 0.3) is 0 Å². The lowest BCUT2D eigenvalue weighted by Crippen LogP contribution is -2.50. The third-order valence-electron chi connectivity index (χ3n) is 5.09. The molecule has 5 nitrogen and oxygen atoms in total. The largest absolute Gasteiger partial charge is 0.375 e. The van der Waals surface area contributed by atoms with Crippen LogP contribution in [0.15, 0.2) is 36.9 Å². The first-order chi connectivity index (χ1) is 10.8. The molecule has 1 saturated heterocycles. The Labute approximate surface area is 131 Å². The molecule has 5 heteroatoms. The Hall–Kier alpha value is -1.59. The van der Waals surface area contributed by atoms with Gasteiger partial charge in [0.1, 0.15) is 0 Å². The van der Waals surface area contributed by atoms with Crippen molar-refractivity contribution in [2.24, 2.45) is 13.0 Å². The Morgan fingerprint density at radius 2 is 2.14 bits per heavy atom. The van der Waals surface area contributed by atoms with Crippen LogP contribution in [0.25, 0.3) is 0 Å². The number of hydrogen-bond acceptors (Lipinski definition) is 3. The molecule has 2 aromatic rings. The summed E-state index contributed by atoms with van der Waals surface area (Å²) in [4.78, 5) is 2.60. The van der Waals surface area contributed by atoms with Gasteiger partial charge in [-0.3, -0.25) is 9.58 Å². The Morgan fingerprint density at radius 3 is 2.91 bits per heavy atom. The second-order valence-electron chi connectivity index (χ2n) is 6.61. The van der Waals surface area contributed by atoms with Crippen molar-refractivity contribution in [3.8, 4) is 0 Å². The van der Waals surface area contributed by atoms with Crippen LogP contribution in [-0.4, -0.2) is 44.5 Å². The topological polar surface area (TPSA) is 35.2 Å². The molecule has 2 aliphatic rings. The summed E-state index contributed by atoms with van der Waals surface area (Å²) in [6.45, 7) is 3.96. The number of nitrogens with zero attached hydrogens (tertiary/aromatic N) is 4. The molecular formula is C17H24N4O. The number of rotatable bonds is 4. The van der Waals surface area contributed by atoms with Crippen molar-refractivity contribution in [2.45, 2.75) is 38.1 Å². The Morgan fingerprint density at radius 1 is 1.27 bits per heavy atom. The van der Waals surface area contributed by atoms with Crippen LogP contribution in [0.5, 0.6) is 0 Å². The van der Waals surface area contributed by atoms with E-state index in [-0.39, 0.29) is 0 Å². The van der Waals surface area contributed by atoms with Gasteiger partial charge in [-0.2, -0.15) is 5.10 Å². The van der Waals surface area contributed by atoms with Crippen LogP contribution in [0.2, 0.25) is 0 Å². The maximum Gasteiger partial charge on any atom is 0.0776 e. The van der Waals surface area contributed by atoms with Gasteiger partial charge in [0, 0.05) is 62.8 Å². The fourth-order valence-electron chi connectivity index (χ4n) is 4.08. The summed E-state index contributed by atoms with van der Waals surface area (Å²) >= 11 is 0. The molecule has 0 radical (unpaired) electrons. The van der Waals surface area contributed by atoms with Crippen molar-refractivity contribution in [1.82, 2.24) is 19.2 Å². The highest BCUT2D eigenvalue weighted by Gasteiger charge is 2.42. The first-order valence-corrected chi connectivity index (χ1v) is 8.23. The molecule has 0 spiro atoms. The molecule has 2 aromatic heterocycles. The van der Waals surface area contributed by atoms with Crippen molar-refractivity contribution < 1.29 is 4.74 Å². The molecular weight excluding hydrogens is 276 g/mol. The summed E-state index contributed by atoms with van der Waals surface area (Å²) in [7, 11) is 1.98. The van der Waals surface area contributed by atoms with Gasteiger partial charge in [-0.05, 0) is 25.0 Å². The van der Waals surface area contributed by atoms with E-state index in [0.717, 1.165) is 26.2 Å². The predicted octanol–water partition coefficient (Wildman–Crippen LogP) is 1.90. The minimum Gasteiger partial charge on any atom is -0.375 e. The minimum atomic E-state index is 0.382. The standard InChI is InChI=1S/C17H24N4O/c1-19-11-14(10-18-19)12-21-8-9-22-17-15(4-5-16(17)21)13-20-6-2-3-7-20/h2-3,6-7,10-11,15-17H,4-5,8-9,12-13H2,1H3/t15-,16+,17-/m1/s1. The van der Waals surface area contributed by atoms with Crippen molar-refractivity contribution >= 4 is 0 Å². The van der Waals surface area contributed by atoms with Gasteiger partial charge in [0.2, 0.25) is 0 Å². The molecule has 0 unspecified atom stereocenters. The van der Waals surface area contributed by atoms with Crippen molar-refractivity contribution in [3.63, 3.8) is 0 Å². The van der Waals surface area contributed by atoms with E-state index >= 15 is 0 Å². The molecule has 118 valence electrons. The fourth-order valence-corrected chi connectivity index (χ4v) is 4.08. The third kappa shape index (κ3) is 2.71. The lowest BCUT2D eigenvalue weighted by atomic mass is 10.0. The van der Waals surface area contributed by atoms with Gasteiger partial charge >= 0.3 is 0 Å². The number of aryl methyl sites for hydroxylation is 1. The third-order valence-corrected chi connectivity index (χ3v) is 5.09. The summed E-state index contributed by atoms with van der Waals surface area (Å²) in [6, 6.07) is 4.76. The van der Waals surface area contributed by atoms with E-state index in [4.69, 9.17) is 4.74 Å². The normalized spacial score (nSPS) is 28.9. The van der Waals surface area contributed by atoms with Crippen LogP contribution in [0.1, 0.15) is 18.4 Å². The number of fused-ring (bicyclic) bond motifs is 1. The van der Waals surface area contributed by atoms with Crippen LogP contribution in [0, 0.1) is 5.92 Å². The quantitative estimate of drug-likeness (QED) is 0.865. The number of hydrogen-bond donors (Lipinski definition) is 0. The van der Waals surface area contributed by atoms with Crippen LogP contribution in [0.4, 0.5) is 0 Å². The second-order valence-corrected chi connectivity index (χ2v) is 6.61. The van der Waals surface area contributed by atoms with Crippen LogP contribution >= 0.6 is 0 Å². The van der Waals surface area contributed by atoms with Gasteiger partial charge in [-0.25, -0.2) is 0 Å². The molecule has 0 amide bonds. The lowest BCUT2D eigenvalue weighted by molar-refractivity contribution is -0.0785. The smallest absolute Gasteiger partial charge is 0.0776 e. The maximum atomic E-state index is 6.16. The molecule has 1 saturated carbocycles. The Bertz CT molecular complexity index is 606. The van der Waals surface area contributed by atoms with Crippen LogP contribution < -0.4 is 0 Å². The highest BCUT2D eigenvalue weighted by atomic mass is 16.5. The highest BCUT2D eigenvalue weighted by Crippen LogP contribution is 2.36. The van der Waals surface area contributed by atoms with E-state index in [1.807, 2.05) is 17.9 Å². The molecule has 1 aliphatic heterocycles. The molecule has 0 aromatic carbocycles. The molecule has 4 rings (SSSR count). The molecule has 3 atom stereocenters. The molecule has 3 heterocycles. The van der Waals surface area contributed by atoms with Gasteiger partial charge < -0.3 is 9.30 Å². The molecule has 2 fully saturated rings. The predicted molar refractivity (Wildman–Crippen MR) is 84.3 cm³/mol. The number of aromatic nitrogens is 3. The average Bonchev–Trinajstić information content (AvgIpc) is 3.23. The first kappa shape index (κ1) is 14.0. The summed E-state index contributed by atoms with van der Waals surface area (Å²) in [6.07, 6.45) is 11.3. The van der Waals surface area contributed by atoms with E-state index in [1.54, 1.807) is 0 Å². The zero-order valence-electron chi connectivity index (χ0n) is 13.1. The minimum absolute atomic E-state index is 0.382. The molecule has 1 aliphatic carbocycles. The number of morpholine rings is 1. The van der Waals surface area contributed by atoms with Gasteiger partial charge in [-0.15, -0.1) is 0 Å². The Balaban J connectivity index is 1.44. The molecule has 0 N–H and O–H groups in total. The zero-order chi connectivity index (χ0) is 14.9. The summed E-state index contributed by atoms with van der Waals surface area (Å²) < 4.78 is 10.3. The monoisotopic (exact) mass is 300 g/mol. The fraction of sp³-hybridized carbons (Fsp3) is 0.588. The van der Waals surface area contributed by atoms with Gasteiger partial charge in [0.05, 0.1) is 18.9 Å². The maximum absolute atomic E-state index is 6.16.